The first kappa shape index (κ1) is 18.4. The van der Waals surface area contributed by atoms with Crippen LogP contribution in [-0.4, -0.2) is 17.7 Å². The number of carbonyl (C=O) groups is 2. The number of hydrogen-bond acceptors (Lipinski definition) is 4. The maximum absolute atomic E-state index is 11.9. The Bertz CT molecular complexity index is 705. The molecule has 7 nitrogen and oxygen atoms in total. The third kappa shape index (κ3) is 6.99. The number of anilines is 1. The second-order valence-corrected chi connectivity index (χ2v) is 6.44. The Morgan fingerprint density at radius 1 is 1.08 bits per heavy atom. The van der Waals surface area contributed by atoms with Crippen LogP contribution in [0.15, 0.2) is 47.1 Å². The van der Waals surface area contributed by atoms with Crippen molar-refractivity contribution < 1.29 is 18.7 Å². The van der Waals surface area contributed by atoms with Gasteiger partial charge in [0.2, 0.25) is 0 Å². The summed E-state index contributed by atoms with van der Waals surface area (Å²) in [5, 5.41) is 8.11. The van der Waals surface area contributed by atoms with E-state index in [4.69, 9.17) is 9.15 Å². The first-order valence-electron chi connectivity index (χ1n) is 7.95. The van der Waals surface area contributed by atoms with E-state index in [-0.39, 0.29) is 6.03 Å². The van der Waals surface area contributed by atoms with Gasteiger partial charge < -0.3 is 25.1 Å². The Hall–Kier alpha value is -2.96. The highest BCUT2D eigenvalue weighted by Gasteiger charge is 2.15. The molecule has 0 aliphatic carbocycles. The molecule has 1 aromatic carbocycles. The van der Waals surface area contributed by atoms with Crippen LogP contribution in [0.4, 0.5) is 15.3 Å². The normalized spacial score (nSPS) is 10.8. The van der Waals surface area contributed by atoms with Gasteiger partial charge in [-0.3, -0.25) is 0 Å². The monoisotopic (exact) mass is 345 g/mol. The standard InChI is InChI=1S/C18H23N3O4/c1-18(2,3)25-17(23)20-11-13-6-4-7-14(10-13)21-16(22)19-12-15-8-5-9-24-15/h4-10H,11-12H2,1-3H3,(H,20,23)(H2,19,21,22). The highest BCUT2D eigenvalue weighted by atomic mass is 16.6. The lowest BCUT2D eigenvalue weighted by molar-refractivity contribution is 0.0523. The largest absolute Gasteiger partial charge is 0.467 e. The van der Waals surface area contributed by atoms with E-state index in [2.05, 4.69) is 16.0 Å². The van der Waals surface area contributed by atoms with Gasteiger partial charge in [0.25, 0.3) is 0 Å². The third-order valence-corrected chi connectivity index (χ3v) is 3.02. The molecule has 2 rings (SSSR count). The predicted molar refractivity (Wildman–Crippen MR) is 94.1 cm³/mol. The van der Waals surface area contributed by atoms with Gasteiger partial charge in [-0.25, -0.2) is 9.59 Å². The lowest BCUT2D eigenvalue weighted by Gasteiger charge is -2.19. The molecule has 134 valence electrons. The Morgan fingerprint density at radius 2 is 1.88 bits per heavy atom. The number of amides is 3. The maximum Gasteiger partial charge on any atom is 0.407 e. The number of urea groups is 1. The highest BCUT2D eigenvalue weighted by molar-refractivity contribution is 5.89. The number of alkyl carbamates (subject to hydrolysis) is 1. The molecule has 0 spiro atoms. The zero-order valence-electron chi connectivity index (χ0n) is 14.6. The van der Waals surface area contributed by atoms with Crippen molar-refractivity contribution >= 4 is 17.8 Å². The average Bonchev–Trinajstić information content (AvgIpc) is 3.03. The van der Waals surface area contributed by atoms with Gasteiger partial charge in [-0.15, -0.1) is 0 Å². The molecular formula is C18H23N3O4. The molecule has 0 saturated heterocycles. The van der Waals surface area contributed by atoms with Gasteiger partial charge in [0, 0.05) is 12.2 Å². The van der Waals surface area contributed by atoms with Crippen molar-refractivity contribution in [1.82, 2.24) is 10.6 Å². The van der Waals surface area contributed by atoms with Crippen LogP contribution in [0.1, 0.15) is 32.1 Å². The second kappa shape index (κ2) is 8.23. The summed E-state index contributed by atoms with van der Waals surface area (Å²) in [7, 11) is 0. The summed E-state index contributed by atoms with van der Waals surface area (Å²) < 4.78 is 10.3. The van der Waals surface area contributed by atoms with E-state index in [9.17, 15) is 9.59 Å². The predicted octanol–water partition coefficient (Wildman–Crippen LogP) is 3.63. The van der Waals surface area contributed by atoms with E-state index in [1.807, 2.05) is 6.07 Å². The van der Waals surface area contributed by atoms with Crippen molar-refractivity contribution in [2.24, 2.45) is 0 Å². The molecule has 3 N–H and O–H groups in total. The Labute approximate surface area is 146 Å². The molecule has 3 amide bonds. The highest BCUT2D eigenvalue weighted by Crippen LogP contribution is 2.11. The number of rotatable bonds is 5. The van der Waals surface area contributed by atoms with E-state index >= 15 is 0 Å². The number of nitrogens with one attached hydrogen (secondary N) is 3. The van der Waals surface area contributed by atoms with Gasteiger partial charge in [0.15, 0.2) is 0 Å². The second-order valence-electron chi connectivity index (χ2n) is 6.44. The van der Waals surface area contributed by atoms with Gasteiger partial charge >= 0.3 is 12.1 Å². The van der Waals surface area contributed by atoms with Gasteiger partial charge in [-0.1, -0.05) is 12.1 Å². The van der Waals surface area contributed by atoms with Crippen molar-refractivity contribution in [2.45, 2.75) is 39.5 Å². The Morgan fingerprint density at radius 3 is 2.56 bits per heavy atom. The molecule has 0 bridgehead atoms. The molecule has 0 fully saturated rings. The fourth-order valence-electron chi connectivity index (χ4n) is 2.00. The van der Waals surface area contributed by atoms with Crippen LogP contribution in [0.2, 0.25) is 0 Å². The van der Waals surface area contributed by atoms with E-state index in [0.717, 1.165) is 5.56 Å². The quantitative estimate of drug-likeness (QED) is 0.771. The smallest absolute Gasteiger partial charge is 0.407 e. The van der Waals surface area contributed by atoms with Crippen LogP contribution in [0.3, 0.4) is 0 Å². The molecule has 0 atom stereocenters. The van der Waals surface area contributed by atoms with Crippen molar-refractivity contribution in [3.8, 4) is 0 Å². The maximum atomic E-state index is 11.9. The van der Waals surface area contributed by atoms with Crippen LogP contribution in [0.25, 0.3) is 0 Å². The first-order chi connectivity index (χ1) is 11.8. The van der Waals surface area contributed by atoms with E-state index in [1.54, 1.807) is 57.4 Å². The van der Waals surface area contributed by atoms with Crippen molar-refractivity contribution in [3.63, 3.8) is 0 Å². The summed E-state index contributed by atoms with van der Waals surface area (Å²) in [4.78, 5) is 23.6. The summed E-state index contributed by atoms with van der Waals surface area (Å²) in [6, 6.07) is 10.4. The number of ether oxygens (including phenoxy) is 1. The molecule has 1 heterocycles. The molecule has 0 radical (unpaired) electrons. The lowest BCUT2D eigenvalue weighted by Crippen LogP contribution is -2.32. The molecule has 1 aromatic heterocycles. The van der Waals surface area contributed by atoms with E-state index in [1.165, 1.54) is 0 Å². The zero-order chi connectivity index (χ0) is 18.3. The molecular weight excluding hydrogens is 322 g/mol. The van der Waals surface area contributed by atoms with Crippen LogP contribution in [0, 0.1) is 0 Å². The Kier molecular flexibility index (Phi) is 6.05. The number of furan rings is 1. The minimum absolute atomic E-state index is 0.304. The van der Waals surface area contributed by atoms with Crippen molar-refractivity contribution in [1.29, 1.82) is 0 Å². The van der Waals surface area contributed by atoms with Crippen LogP contribution in [-0.2, 0) is 17.8 Å². The number of benzene rings is 1. The summed E-state index contributed by atoms with van der Waals surface area (Å²) >= 11 is 0. The van der Waals surface area contributed by atoms with Crippen LogP contribution >= 0.6 is 0 Å². The van der Waals surface area contributed by atoms with Crippen LogP contribution < -0.4 is 16.0 Å². The van der Waals surface area contributed by atoms with Gasteiger partial charge in [0.05, 0.1) is 12.8 Å². The van der Waals surface area contributed by atoms with E-state index < -0.39 is 11.7 Å². The summed E-state index contributed by atoms with van der Waals surface area (Å²) in [5.74, 6) is 0.672. The molecule has 7 heteroatoms. The molecule has 0 saturated carbocycles. The molecule has 0 aliphatic heterocycles. The fourth-order valence-corrected chi connectivity index (χ4v) is 2.00. The molecule has 0 unspecified atom stereocenters. The van der Waals surface area contributed by atoms with Gasteiger partial charge in [0.1, 0.15) is 11.4 Å². The van der Waals surface area contributed by atoms with Gasteiger partial charge in [-0.05, 0) is 50.6 Å². The lowest BCUT2D eigenvalue weighted by atomic mass is 10.2. The average molecular weight is 345 g/mol. The summed E-state index contributed by atoms with van der Waals surface area (Å²) in [6.45, 7) is 6.02. The first-order valence-corrected chi connectivity index (χ1v) is 7.95. The topological polar surface area (TPSA) is 92.6 Å². The minimum Gasteiger partial charge on any atom is -0.467 e. The summed E-state index contributed by atoms with van der Waals surface area (Å²) in [6.07, 6.45) is 1.07. The molecule has 25 heavy (non-hydrogen) atoms. The molecule has 0 aliphatic rings. The van der Waals surface area contributed by atoms with Crippen LogP contribution in [0.5, 0.6) is 0 Å². The third-order valence-electron chi connectivity index (χ3n) is 3.02. The van der Waals surface area contributed by atoms with E-state index in [0.29, 0.717) is 24.5 Å². The Balaban J connectivity index is 1.81. The minimum atomic E-state index is -0.542. The van der Waals surface area contributed by atoms with Crippen molar-refractivity contribution in [2.75, 3.05) is 5.32 Å². The van der Waals surface area contributed by atoms with Crippen molar-refractivity contribution in [3.05, 3.63) is 54.0 Å². The number of hydrogen-bond donors (Lipinski definition) is 3. The van der Waals surface area contributed by atoms with Gasteiger partial charge in [-0.2, -0.15) is 0 Å². The zero-order valence-corrected chi connectivity index (χ0v) is 14.6. The summed E-state index contributed by atoms with van der Waals surface area (Å²) in [5.41, 5.74) is 0.926. The number of carbonyl (C=O) groups excluding carboxylic acids is 2. The SMILES string of the molecule is CC(C)(C)OC(=O)NCc1cccc(NC(=O)NCc2ccco2)c1. The fraction of sp³-hybridized carbons (Fsp3) is 0.333. The molecule has 2 aromatic rings.